The maximum atomic E-state index is 5.76. The summed E-state index contributed by atoms with van der Waals surface area (Å²) >= 11 is 0. The maximum absolute atomic E-state index is 5.76. The van der Waals surface area contributed by atoms with Crippen molar-refractivity contribution in [3.05, 3.63) is 35.4 Å². The second-order valence-corrected chi connectivity index (χ2v) is 4.47. The predicted octanol–water partition coefficient (Wildman–Crippen LogP) is 3.11. The van der Waals surface area contributed by atoms with Crippen LogP contribution in [0.15, 0.2) is 29.3 Å². The Morgan fingerprint density at radius 1 is 1.16 bits per heavy atom. The Labute approximate surface area is 134 Å². The summed E-state index contributed by atoms with van der Waals surface area (Å²) in [5.74, 6) is 0.564. The van der Waals surface area contributed by atoms with Crippen molar-refractivity contribution in [1.29, 1.82) is 0 Å². The molecule has 0 aromatic heterocycles. The predicted molar refractivity (Wildman–Crippen MR) is 94.3 cm³/mol. The number of rotatable bonds is 7. The first-order chi connectivity index (χ1) is 8.76. The summed E-state index contributed by atoms with van der Waals surface area (Å²) in [6.07, 6.45) is 4.32. The Bertz CT molecular complexity index is 360. The van der Waals surface area contributed by atoms with Gasteiger partial charge in [-0.2, -0.15) is 0 Å². The molecule has 0 radical (unpaired) electrons. The summed E-state index contributed by atoms with van der Waals surface area (Å²) in [5, 5.41) is 3.15. The number of hydrogen-bond donors (Lipinski definition) is 2. The molecule has 0 spiro atoms. The standard InChI is InChI=1S/C15H25N3.HI/c1-3-5-11-17-15(16)18-12-10-14-8-6-13(4-2)7-9-14;/h6-9H,3-5,10-12H2,1-2H3,(H3,16,17,18);1H. The lowest BCUT2D eigenvalue weighted by Gasteiger charge is -2.06. The van der Waals surface area contributed by atoms with Crippen LogP contribution < -0.4 is 11.1 Å². The molecule has 0 bridgehead atoms. The Morgan fingerprint density at radius 2 is 1.79 bits per heavy atom. The van der Waals surface area contributed by atoms with Crippen molar-refractivity contribution in [2.45, 2.75) is 39.5 Å². The van der Waals surface area contributed by atoms with Gasteiger partial charge >= 0.3 is 0 Å². The van der Waals surface area contributed by atoms with E-state index >= 15 is 0 Å². The first-order valence-corrected chi connectivity index (χ1v) is 6.87. The Hall–Kier alpha value is -0.780. The van der Waals surface area contributed by atoms with Gasteiger partial charge in [0.2, 0.25) is 0 Å². The van der Waals surface area contributed by atoms with Crippen molar-refractivity contribution in [2.75, 3.05) is 13.1 Å². The molecule has 1 rings (SSSR count). The summed E-state index contributed by atoms with van der Waals surface area (Å²) in [6, 6.07) is 8.75. The van der Waals surface area contributed by atoms with Crippen molar-refractivity contribution in [3.63, 3.8) is 0 Å². The molecule has 0 aliphatic carbocycles. The van der Waals surface area contributed by atoms with Crippen LogP contribution in [0.25, 0.3) is 0 Å². The SMILES string of the molecule is CCCCN=C(N)NCCc1ccc(CC)cc1.I. The summed E-state index contributed by atoms with van der Waals surface area (Å²) in [6.45, 7) is 5.98. The van der Waals surface area contributed by atoms with Crippen LogP contribution in [0.2, 0.25) is 0 Å². The maximum Gasteiger partial charge on any atom is 0.188 e. The molecule has 0 heterocycles. The fourth-order valence-electron chi connectivity index (χ4n) is 1.69. The second kappa shape index (κ2) is 11.1. The summed E-state index contributed by atoms with van der Waals surface area (Å²) < 4.78 is 0. The molecule has 3 nitrogen and oxygen atoms in total. The normalized spacial score (nSPS) is 10.9. The van der Waals surface area contributed by atoms with Gasteiger partial charge in [0.05, 0.1) is 0 Å². The molecule has 0 amide bonds. The number of nitrogens with zero attached hydrogens (tertiary/aromatic N) is 1. The van der Waals surface area contributed by atoms with Crippen molar-refractivity contribution in [3.8, 4) is 0 Å². The zero-order chi connectivity index (χ0) is 13.2. The van der Waals surface area contributed by atoms with E-state index in [0.29, 0.717) is 5.96 Å². The van der Waals surface area contributed by atoms with Crippen LogP contribution in [-0.4, -0.2) is 19.0 Å². The molecular weight excluding hydrogens is 349 g/mol. The number of nitrogens with two attached hydrogens (primary N) is 1. The highest BCUT2D eigenvalue weighted by Crippen LogP contribution is 2.05. The van der Waals surface area contributed by atoms with Crippen molar-refractivity contribution >= 4 is 29.9 Å². The fraction of sp³-hybridized carbons (Fsp3) is 0.533. The lowest BCUT2D eigenvalue weighted by Crippen LogP contribution is -2.33. The van der Waals surface area contributed by atoms with E-state index in [1.165, 1.54) is 11.1 Å². The molecule has 108 valence electrons. The van der Waals surface area contributed by atoms with Gasteiger partial charge in [-0.25, -0.2) is 0 Å². The van der Waals surface area contributed by atoms with E-state index in [9.17, 15) is 0 Å². The lowest BCUT2D eigenvalue weighted by molar-refractivity contribution is 0.791. The van der Waals surface area contributed by atoms with Gasteiger partial charge in [0, 0.05) is 13.1 Å². The third-order valence-corrected chi connectivity index (χ3v) is 2.94. The summed E-state index contributed by atoms with van der Waals surface area (Å²) in [7, 11) is 0. The Balaban J connectivity index is 0.00000324. The number of hydrogen-bond acceptors (Lipinski definition) is 1. The van der Waals surface area contributed by atoms with Crippen LogP contribution in [0, 0.1) is 0 Å². The van der Waals surface area contributed by atoms with E-state index < -0.39 is 0 Å². The second-order valence-electron chi connectivity index (χ2n) is 4.47. The highest BCUT2D eigenvalue weighted by atomic mass is 127. The number of nitrogens with one attached hydrogen (secondary N) is 1. The lowest BCUT2D eigenvalue weighted by atomic mass is 10.1. The van der Waals surface area contributed by atoms with Crippen molar-refractivity contribution in [2.24, 2.45) is 10.7 Å². The van der Waals surface area contributed by atoms with Crippen LogP contribution in [0.5, 0.6) is 0 Å². The molecule has 0 fully saturated rings. The number of aliphatic imine (C=N–C) groups is 1. The molecule has 0 aliphatic heterocycles. The largest absolute Gasteiger partial charge is 0.370 e. The average Bonchev–Trinajstić information content (AvgIpc) is 2.40. The van der Waals surface area contributed by atoms with Gasteiger partial charge < -0.3 is 11.1 Å². The average molecular weight is 375 g/mol. The Morgan fingerprint density at radius 3 is 2.37 bits per heavy atom. The van der Waals surface area contributed by atoms with E-state index in [1.807, 2.05) is 0 Å². The molecule has 1 aromatic carbocycles. The molecule has 19 heavy (non-hydrogen) atoms. The molecule has 0 saturated heterocycles. The zero-order valence-electron chi connectivity index (χ0n) is 12.0. The third kappa shape index (κ3) is 8.08. The fourth-order valence-corrected chi connectivity index (χ4v) is 1.69. The first-order valence-electron chi connectivity index (χ1n) is 6.87. The number of benzene rings is 1. The van der Waals surface area contributed by atoms with Gasteiger partial charge in [0.15, 0.2) is 5.96 Å². The van der Waals surface area contributed by atoms with Crippen LogP contribution in [-0.2, 0) is 12.8 Å². The third-order valence-electron chi connectivity index (χ3n) is 2.94. The van der Waals surface area contributed by atoms with E-state index in [4.69, 9.17) is 5.73 Å². The highest BCUT2D eigenvalue weighted by Gasteiger charge is 1.95. The van der Waals surface area contributed by atoms with Crippen LogP contribution in [0.4, 0.5) is 0 Å². The van der Waals surface area contributed by atoms with Crippen LogP contribution in [0.1, 0.15) is 37.8 Å². The number of guanidine groups is 1. The van der Waals surface area contributed by atoms with Gasteiger partial charge in [-0.3, -0.25) is 4.99 Å². The first kappa shape index (κ1) is 18.2. The van der Waals surface area contributed by atoms with Gasteiger partial charge in [0.1, 0.15) is 0 Å². The minimum absolute atomic E-state index is 0. The van der Waals surface area contributed by atoms with Gasteiger partial charge in [-0.1, -0.05) is 44.5 Å². The monoisotopic (exact) mass is 375 g/mol. The highest BCUT2D eigenvalue weighted by molar-refractivity contribution is 14.0. The van der Waals surface area contributed by atoms with E-state index in [2.05, 4.69) is 48.4 Å². The molecule has 4 heteroatoms. The molecular formula is C15H26IN3. The van der Waals surface area contributed by atoms with Crippen molar-refractivity contribution < 1.29 is 0 Å². The number of halogens is 1. The van der Waals surface area contributed by atoms with Crippen molar-refractivity contribution in [1.82, 2.24) is 5.32 Å². The molecule has 1 aromatic rings. The summed E-state index contributed by atoms with van der Waals surface area (Å²) in [5.41, 5.74) is 8.48. The van der Waals surface area contributed by atoms with E-state index in [1.54, 1.807) is 0 Å². The van der Waals surface area contributed by atoms with Gasteiger partial charge in [-0.15, -0.1) is 24.0 Å². The number of unbranched alkanes of at least 4 members (excludes halogenated alkanes) is 1. The number of aryl methyl sites for hydroxylation is 1. The molecule has 0 unspecified atom stereocenters. The topological polar surface area (TPSA) is 50.4 Å². The molecule has 0 aliphatic rings. The quantitative estimate of drug-likeness (QED) is 0.333. The minimum atomic E-state index is 0. The van der Waals surface area contributed by atoms with E-state index in [0.717, 1.165) is 38.8 Å². The van der Waals surface area contributed by atoms with Crippen LogP contribution in [0.3, 0.4) is 0 Å². The molecule has 3 N–H and O–H groups in total. The van der Waals surface area contributed by atoms with Gasteiger partial charge in [-0.05, 0) is 30.4 Å². The Kier molecular flexibility index (Phi) is 10.6. The molecule has 0 saturated carbocycles. The molecule has 0 atom stereocenters. The smallest absolute Gasteiger partial charge is 0.188 e. The van der Waals surface area contributed by atoms with Gasteiger partial charge in [0.25, 0.3) is 0 Å². The van der Waals surface area contributed by atoms with E-state index in [-0.39, 0.29) is 24.0 Å². The zero-order valence-corrected chi connectivity index (χ0v) is 14.3. The van der Waals surface area contributed by atoms with Crippen LogP contribution >= 0.6 is 24.0 Å². The minimum Gasteiger partial charge on any atom is -0.370 e. The summed E-state index contributed by atoms with van der Waals surface area (Å²) in [4.78, 5) is 4.26.